The van der Waals surface area contributed by atoms with Crippen molar-refractivity contribution in [3.05, 3.63) is 59.2 Å². The van der Waals surface area contributed by atoms with Crippen molar-refractivity contribution in [1.29, 1.82) is 5.26 Å². The molecule has 1 atom stereocenters. The highest BCUT2D eigenvalue weighted by Crippen LogP contribution is 2.32. The molecule has 3 rings (SSSR count). The van der Waals surface area contributed by atoms with E-state index in [0.717, 1.165) is 29.2 Å². The highest BCUT2D eigenvalue weighted by atomic mass is 16.6. The Balaban J connectivity index is 1.64. The van der Waals surface area contributed by atoms with Crippen molar-refractivity contribution >= 4 is 0 Å². The van der Waals surface area contributed by atoms with Crippen LogP contribution in [0.4, 0.5) is 0 Å². The Hall–Kier alpha value is -2.51. The van der Waals surface area contributed by atoms with E-state index < -0.39 is 0 Å². The predicted octanol–water partition coefficient (Wildman–Crippen LogP) is 3.18. The number of ether oxygens (including phenoxy) is 2. The molecule has 1 heterocycles. The second kappa shape index (κ2) is 6.50. The number of nitriles is 1. The average Bonchev–Trinajstić information content (AvgIpc) is 2.59. The van der Waals surface area contributed by atoms with Crippen LogP contribution in [0.2, 0.25) is 0 Å². The van der Waals surface area contributed by atoms with Gasteiger partial charge in [0.05, 0.1) is 11.6 Å². The molecule has 1 aliphatic heterocycles. The normalized spacial score (nSPS) is 14.2. The van der Waals surface area contributed by atoms with E-state index in [0.29, 0.717) is 18.8 Å². The van der Waals surface area contributed by atoms with Crippen molar-refractivity contribution in [2.24, 2.45) is 0 Å². The third-order valence-electron chi connectivity index (χ3n) is 3.76. The van der Waals surface area contributed by atoms with Crippen LogP contribution in [-0.2, 0) is 6.54 Å². The molecule has 1 N–H and O–H groups in total. The molecular weight excluding hydrogens is 276 g/mol. The molecule has 0 radical (unpaired) electrons. The van der Waals surface area contributed by atoms with Crippen molar-refractivity contribution in [3.63, 3.8) is 0 Å². The van der Waals surface area contributed by atoms with Crippen LogP contribution in [0.1, 0.15) is 29.7 Å². The van der Waals surface area contributed by atoms with Gasteiger partial charge in [0.15, 0.2) is 11.5 Å². The van der Waals surface area contributed by atoms with E-state index in [-0.39, 0.29) is 6.04 Å². The summed E-state index contributed by atoms with van der Waals surface area (Å²) >= 11 is 0. The molecule has 0 aliphatic carbocycles. The summed E-state index contributed by atoms with van der Waals surface area (Å²) in [4.78, 5) is 0. The van der Waals surface area contributed by atoms with E-state index in [1.807, 2.05) is 36.4 Å². The number of fused-ring (bicyclic) bond motifs is 1. The van der Waals surface area contributed by atoms with E-state index in [2.05, 4.69) is 24.4 Å². The molecule has 0 bridgehead atoms. The van der Waals surface area contributed by atoms with Crippen LogP contribution >= 0.6 is 0 Å². The van der Waals surface area contributed by atoms with Gasteiger partial charge >= 0.3 is 0 Å². The van der Waals surface area contributed by atoms with Gasteiger partial charge in [0.25, 0.3) is 0 Å². The maximum atomic E-state index is 8.80. The molecule has 1 unspecified atom stereocenters. The third-order valence-corrected chi connectivity index (χ3v) is 3.76. The second-order valence-electron chi connectivity index (χ2n) is 5.31. The van der Waals surface area contributed by atoms with Crippen LogP contribution in [-0.4, -0.2) is 13.2 Å². The minimum Gasteiger partial charge on any atom is -0.486 e. The van der Waals surface area contributed by atoms with Gasteiger partial charge in [-0.15, -0.1) is 0 Å². The molecule has 22 heavy (non-hydrogen) atoms. The van der Waals surface area contributed by atoms with Gasteiger partial charge in [-0.25, -0.2) is 0 Å². The smallest absolute Gasteiger partial charge is 0.161 e. The van der Waals surface area contributed by atoms with Crippen LogP contribution in [0, 0.1) is 11.3 Å². The van der Waals surface area contributed by atoms with Crippen LogP contribution in [0.25, 0.3) is 0 Å². The molecule has 2 aromatic carbocycles. The summed E-state index contributed by atoms with van der Waals surface area (Å²) in [7, 11) is 0. The Morgan fingerprint density at radius 1 is 1.09 bits per heavy atom. The largest absolute Gasteiger partial charge is 0.486 e. The van der Waals surface area contributed by atoms with Gasteiger partial charge in [0, 0.05) is 12.6 Å². The van der Waals surface area contributed by atoms with Crippen molar-refractivity contribution in [1.82, 2.24) is 5.32 Å². The van der Waals surface area contributed by atoms with Crippen molar-refractivity contribution in [2.75, 3.05) is 13.2 Å². The Kier molecular flexibility index (Phi) is 4.27. The van der Waals surface area contributed by atoms with E-state index in [4.69, 9.17) is 14.7 Å². The van der Waals surface area contributed by atoms with Gasteiger partial charge in [-0.2, -0.15) is 5.26 Å². The monoisotopic (exact) mass is 294 g/mol. The standard InChI is InChI=1S/C18H18N2O2/c1-13(20-12-15-4-2-14(11-19)3-5-15)16-6-7-17-18(10-16)22-9-8-21-17/h2-7,10,13,20H,8-9,12H2,1H3. The zero-order valence-corrected chi connectivity index (χ0v) is 12.5. The maximum Gasteiger partial charge on any atom is 0.161 e. The summed E-state index contributed by atoms with van der Waals surface area (Å²) < 4.78 is 11.2. The van der Waals surface area contributed by atoms with E-state index in [1.165, 1.54) is 0 Å². The molecule has 4 nitrogen and oxygen atoms in total. The lowest BCUT2D eigenvalue weighted by Gasteiger charge is -2.21. The predicted molar refractivity (Wildman–Crippen MR) is 83.8 cm³/mol. The summed E-state index contributed by atoms with van der Waals surface area (Å²) in [5.41, 5.74) is 3.00. The topological polar surface area (TPSA) is 54.3 Å². The number of nitrogens with zero attached hydrogens (tertiary/aromatic N) is 1. The molecule has 4 heteroatoms. The SMILES string of the molecule is CC(NCc1ccc(C#N)cc1)c1ccc2c(c1)OCCO2. The van der Waals surface area contributed by atoms with Gasteiger partial charge in [0.2, 0.25) is 0 Å². The lowest BCUT2D eigenvalue weighted by Crippen LogP contribution is -2.19. The zero-order valence-electron chi connectivity index (χ0n) is 12.5. The lowest BCUT2D eigenvalue weighted by atomic mass is 10.1. The van der Waals surface area contributed by atoms with Crippen molar-refractivity contribution in [3.8, 4) is 17.6 Å². The van der Waals surface area contributed by atoms with Gasteiger partial charge in [-0.05, 0) is 42.3 Å². The van der Waals surface area contributed by atoms with Crippen LogP contribution < -0.4 is 14.8 Å². The molecule has 0 spiro atoms. The minimum atomic E-state index is 0.200. The lowest BCUT2D eigenvalue weighted by molar-refractivity contribution is 0.171. The quantitative estimate of drug-likeness (QED) is 0.941. The van der Waals surface area contributed by atoms with Crippen LogP contribution in [0.15, 0.2) is 42.5 Å². The maximum absolute atomic E-state index is 8.80. The summed E-state index contributed by atoms with van der Waals surface area (Å²) in [6, 6.07) is 16.0. The summed E-state index contributed by atoms with van der Waals surface area (Å²) in [5, 5.41) is 12.3. The number of rotatable bonds is 4. The molecule has 0 fully saturated rings. The zero-order chi connectivity index (χ0) is 15.4. The van der Waals surface area contributed by atoms with Gasteiger partial charge in [-0.3, -0.25) is 0 Å². The molecular formula is C18H18N2O2. The first-order valence-corrected chi connectivity index (χ1v) is 7.38. The molecule has 0 saturated heterocycles. The van der Waals surface area contributed by atoms with Crippen LogP contribution in [0.5, 0.6) is 11.5 Å². The number of benzene rings is 2. The summed E-state index contributed by atoms with van der Waals surface area (Å²) in [6.45, 7) is 4.08. The van der Waals surface area contributed by atoms with Gasteiger partial charge in [-0.1, -0.05) is 18.2 Å². The van der Waals surface area contributed by atoms with E-state index in [1.54, 1.807) is 0 Å². The first-order valence-electron chi connectivity index (χ1n) is 7.38. The Labute approximate surface area is 130 Å². The number of hydrogen-bond acceptors (Lipinski definition) is 4. The summed E-state index contributed by atoms with van der Waals surface area (Å²) in [5.74, 6) is 1.63. The first-order chi connectivity index (χ1) is 10.8. The highest BCUT2D eigenvalue weighted by Gasteiger charge is 2.14. The van der Waals surface area contributed by atoms with Gasteiger partial charge < -0.3 is 14.8 Å². The third kappa shape index (κ3) is 3.21. The van der Waals surface area contributed by atoms with Gasteiger partial charge in [0.1, 0.15) is 13.2 Å². The second-order valence-corrected chi connectivity index (χ2v) is 5.31. The summed E-state index contributed by atoms with van der Waals surface area (Å²) in [6.07, 6.45) is 0. The van der Waals surface area contributed by atoms with E-state index >= 15 is 0 Å². The molecule has 1 aliphatic rings. The van der Waals surface area contributed by atoms with Crippen molar-refractivity contribution < 1.29 is 9.47 Å². The van der Waals surface area contributed by atoms with Crippen molar-refractivity contribution in [2.45, 2.75) is 19.5 Å². The van der Waals surface area contributed by atoms with Crippen LogP contribution in [0.3, 0.4) is 0 Å². The molecule has 0 aromatic heterocycles. The minimum absolute atomic E-state index is 0.200. The molecule has 0 amide bonds. The fourth-order valence-electron chi connectivity index (χ4n) is 2.42. The van der Waals surface area contributed by atoms with E-state index in [9.17, 15) is 0 Å². The highest BCUT2D eigenvalue weighted by molar-refractivity contribution is 5.44. The Morgan fingerprint density at radius 3 is 2.55 bits per heavy atom. The average molecular weight is 294 g/mol. The molecule has 112 valence electrons. The number of hydrogen-bond donors (Lipinski definition) is 1. The first kappa shape index (κ1) is 14.4. The Morgan fingerprint density at radius 2 is 1.82 bits per heavy atom. The molecule has 0 saturated carbocycles. The fourth-order valence-corrected chi connectivity index (χ4v) is 2.42. The number of nitrogens with one attached hydrogen (secondary N) is 1. The molecule has 2 aromatic rings. The Bertz CT molecular complexity index is 689. The fraction of sp³-hybridized carbons (Fsp3) is 0.278.